The fourth-order valence-electron chi connectivity index (χ4n) is 2.07. The van der Waals surface area contributed by atoms with E-state index in [1.807, 2.05) is 13.8 Å². The Bertz CT molecular complexity index is 656. The summed E-state index contributed by atoms with van der Waals surface area (Å²) in [4.78, 5) is 0. The summed E-state index contributed by atoms with van der Waals surface area (Å²) in [6.45, 7) is 4.04. The number of hydrogen-bond donors (Lipinski definition) is 1. The minimum Gasteiger partial charge on any atom is -0.323 e. The Kier molecular flexibility index (Phi) is 4.38. The summed E-state index contributed by atoms with van der Waals surface area (Å²) in [6.07, 6.45) is 1.55. The van der Waals surface area contributed by atoms with Gasteiger partial charge in [-0.1, -0.05) is 30.7 Å². The van der Waals surface area contributed by atoms with Gasteiger partial charge in [0.1, 0.15) is 5.69 Å². The molecule has 1 aromatic heterocycles. The summed E-state index contributed by atoms with van der Waals surface area (Å²) in [5, 5.41) is 17.7. The molecule has 5 nitrogen and oxygen atoms in total. The number of halogens is 1. The van der Waals surface area contributed by atoms with Crippen molar-refractivity contribution in [3.8, 4) is 11.8 Å². The summed E-state index contributed by atoms with van der Waals surface area (Å²) in [6, 6.07) is 7.04. The predicted octanol–water partition coefficient (Wildman–Crippen LogP) is 2.76. The molecule has 20 heavy (non-hydrogen) atoms. The molecule has 0 aliphatic heterocycles. The number of aromatic nitrogens is 3. The summed E-state index contributed by atoms with van der Waals surface area (Å²) >= 11 is 6.22. The first-order valence-corrected chi connectivity index (χ1v) is 6.90. The smallest absolute Gasteiger partial charge is 0.103 e. The van der Waals surface area contributed by atoms with Gasteiger partial charge in [-0.15, -0.1) is 5.10 Å². The van der Waals surface area contributed by atoms with Gasteiger partial charge in [-0.05, 0) is 31.0 Å². The van der Waals surface area contributed by atoms with Crippen molar-refractivity contribution in [1.82, 2.24) is 15.0 Å². The molecule has 0 radical (unpaired) electrons. The first kappa shape index (κ1) is 14.5. The molecule has 0 bridgehead atoms. The zero-order valence-electron chi connectivity index (χ0n) is 11.5. The van der Waals surface area contributed by atoms with E-state index in [1.54, 1.807) is 22.9 Å². The van der Waals surface area contributed by atoms with Crippen molar-refractivity contribution in [3.63, 3.8) is 0 Å². The number of nitriles is 1. The van der Waals surface area contributed by atoms with Crippen LogP contribution in [0.15, 0.2) is 18.2 Å². The van der Waals surface area contributed by atoms with Crippen molar-refractivity contribution < 1.29 is 0 Å². The minimum absolute atomic E-state index is 0.129. The summed E-state index contributed by atoms with van der Waals surface area (Å²) in [7, 11) is 0. The zero-order valence-corrected chi connectivity index (χ0v) is 12.2. The molecule has 2 rings (SSSR count). The van der Waals surface area contributed by atoms with Crippen molar-refractivity contribution in [2.24, 2.45) is 5.73 Å². The lowest BCUT2D eigenvalue weighted by Crippen LogP contribution is -2.12. The van der Waals surface area contributed by atoms with Gasteiger partial charge in [-0.2, -0.15) is 5.26 Å². The monoisotopic (exact) mass is 289 g/mol. The second-order valence-corrected chi connectivity index (χ2v) is 4.89. The molecule has 1 unspecified atom stereocenters. The predicted molar refractivity (Wildman–Crippen MR) is 77.7 cm³/mol. The maximum Gasteiger partial charge on any atom is 0.103 e. The van der Waals surface area contributed by atoms with Crippen molar-refractivity contribution >= 4 is 11.6 Å². The summed E-state index contributed by atoms with van der Waals surface area (Å²) < 4.78 is 1.70. The maximum atomic E-state index is 8.87. The van der Waals surface area contributed by atoms with Gasteiger partial charge in [0.15, 0.2) is 0 Å². The molecule has 2 N–H and O–H groups in total. The van der Waals surface area contributed by atoms with Crippen LogP contribution in [0.1, 0.15) is 43.3 Å². The van der Waals surface area contributed by atoms with Crippen LogP contribution in [0.3, 0.4) is 0 Å². The van der Waals surface area contributed by atoms with E-state index >= 15 is 0 Å². The van der Waals surface area contributed by atoms with Crippen molar-refractivity contribution in [1.29, 1.82) is 5.26 Å². The van der Waals surface area contributed by atoms with Crippen LogP contribution in [0, 0.1) is 11.3 Å². The lowest BCUT2D eigenvalue weighted by Gasteiger charge is -2.10. The van der Waals surface area contributed by atoms with Crippen molar-refractivity contribution in [3.05, 3.63) is 40.2 Å². The van der Waals surface area contributed by atoms with E-state index in [0.717, 1.165) is 24.2 Å². The molecule has 1 atom stereocenters. The Labute approximate surface area is 123 Å². The lowest BCUT2D eigenvalue weighted by molar-refractivity contribution is 0.665. The molecular weight excluding hydrogens is 274 g/mol. The number of nitrogens with zero attached hydrogens (tertiary/aromatic N) is 4. The standard InChI is InChI=1S/C14H16ClN5/c1-3-11(17)14-12(4-2)20(19-18-14)13-6-5-9(8-16)7-10(13)15/h5-7,11H,3-4,17H2,1-2H3. The molecule has 0 spiro atoms. The number of benzene rings is 1. The Morgan fingerprint density at radius 2 is 2.20 bits per heavy atom. The second kappa shape index (κ2) is 6.04. The van der Waals surface area contributed by atoms with Gasteiger partial charge in [0.2, 0.25) is 0 Å². The molecular formula is C14H16ClN5. The van der Waals surface area contributed by atoms with Gasteiger partial charge < -0.3 is 5.73 Å². The Morgan fingerprint density at radius 1 is 1.45 bits per heavy atom. The average molecular weight is 290 g/mol. The van der Waals surface area contributed by atoms with Crippen LogP contribution in [0.25, 0.3) is 5.69 Å². The first-order valence-electron chi connectivity index (χ1n) is 6.52. The largest absolute Gasteiger partial charge is 0.323 e. The van der Waals surface area contributed by atoms with E-state index in [1.165, 1.54) is 0 Å². The van der Waals surface area contributed by atoms with E-state index < -0.39 is 0 Å². The first-order chi connectivity index (χ1) is 9.62. The molecule has 104 valence electrons. The molecule has 2 aromatic rings. The highest BCUT2D eigenvalue weighted by Gasteiger charge is 2.18. The number of rotatable bonds is 4. The molecule has 0 aliphatic carbocycles. The number of nitrogens with two attached hydrogens (primary N) is 1. The quantitative estimate of drug-likeness (QED) is 0.938. The Morgan fingerprint density at radius 3 is 2.75 bits per heavy atom. The zero-order chi connectivity index (χ0) is 14.7. The van der Waals surface area contributed by atoms with Crippen LogP contribution < -0.4 is 5.73 Å². The van der Waals surface area contributed by atoms with Gasteiger partial charge >= 0.3 is 0 Å². The van der Waals surface area contributed by atoms with Gasteiger partial charge in [-0.25, -0.2) is 4.68 Å². The SMILES string of the molecule is CCc1c(C(N)CC)nnn1-c1ccc(C#N)cc1Cl. The highest BCUT2D eigenvalue weighted by molar-refractivity contribution is 6.32. The second-order valence-electron chi connectivity index (χ2n) is 4.48. The molecule has 0 fully saturated rings. The maximum absolute atomic E-state index is 8.87. The van der Waals surface area contributed by atoms with Gasteiger partial charge in [0.25, 0.3) is 0 Å². The van der Waals surface area contributed by atoms with Crippen LogP contribution in [0.5, 0.6) is 0 Å². The topological polar surface area (TPSA) is 80.5 Å². The van der Waals surface area contributed by atoms with Crippen molar-refractivity contribution in [2.45, 2.75) is 32.7 Å². The molecule has 0 saturated carbocycles. The highest BCUT2D eigenvalue weighted by atomic mass is 35.5. The van der Waals surface area contributed by atoms with Crippen LogP contribution in [-0.4, -0.2) is 15.0 Å². The molecule has 6 heteroatoms. The minimum atomic E-state index is -0.129. The summed E-state index contributed by atoms with van der Waals surface area (Å²) in [5.74, 6) is 0. The van der Waals surface area contributed by atoms with E-state index in [9.17, 15) is 0 Å². The normalized spacial score (nSPS) is 12.2. The molecule has 1 heterocycles. The fourth-order valence-corrected chi connectivity index (χ4v) is 2.33. The average Bonchev–Trinajstić information content (AvgIpc) is 2.89. The molecule has 0 aliphatic rings. The lowest BCUT2D eigenvalue weighted by atomic mass is 10.1. The van der Waals surface area contributed by atoms with E-state index in [4.69, 9.17) is 22.6 Å². The molecule has 0 saturated heterocycles. The Balaban J connectivity index is 2.54. The highest BCUT2D eigenvalue weighted by Crippen LogP contribution is 2.25. The van der Waals surface area contributed by atoms with Crippen LogP contribution in [0.2, 0.25) is 5.02 Å². The number of hydrogen-bond acceptors (Lipinski definition) is 4. The third-order valence-corrected chi connectivity index (χ3v) is 3.53. The van der Waals surface area contributed by atoms with Gasteiger partial charge in [-0.3, -0.25) is 0 Å². The van der Waals surface area contributed by atoms with E-state index in [2.05, 4.69) is 16.4 Å². The molecule has 1 aromatic carbocycles. The van der Waals surface area contributed by atoms with Crippen LogP contribution in [-0.2, 0) is 6.42 Å². The van der Waals surface area contributed by atoms with Crippen molar-refractivity contribution in [2.75, 3.05) is 0 Å². The fraction of sp³-hybridized carbons (Fsp3) is 0.357. The third-order valence-electron chi connectivity index (χ3n) is 3.22. The van der Waals surface area contributed by atoms with E-state index in [0.29, 0.717) is 16.3 Å². The Hall–Kier alpha value is -1.90. The van der Waals surface area contributed by atoms with Crippen LogP contribution >= 0.6 is 11.6 Å². The summed E-state index contributed by atoms with van der Waals surface area (Å²) in [5.41, 5.74) is 9.03. The molecule has 0 amide bonds. The van der Waals surface area contributed by atoms with Gasteiger partial charge in [0.05, 0.1) is 34.1 Å². The van der Waals surface area contributed by atoms with E-state index in [-0.39, 0.29) is 6.04 Å². The van der Waals surface area contributed by atoms with Crippen LogP contribution in [0.4, 0.5) is 0 Å². The third kappa shape index (κ3) is 2.53. The van der Waals surface area contributed by atoms with Gasteiger partial charge in [0, 0.05) is 0 Å².